The average molecular weight is 360 g/mol. The van der Waals surface area contributed by atoms with Crippen LogP contribution in [0.2, 0.25) is 18.1 Å². The molecule has 4 fully saturated rings. The molecule has 0 saturated heterocycles. The van der Waals surface area contributed by atoms with Gasteiger partial charge in [-0.25, -0.2) is 0 Å². The van der Waals surface area contributed by atoms with Crippen LogP contribution in [-0.4, -0.2) is 12.5 Å². The van der Waals surface area contributed by atoms with Crippen LogP contribution in [0.25, 0.3) is 21.8 Å². The lowest BCUT2D eigenvalue weighted by molar-refractivity contribution is 0.0242. The van der Waals surface area contributed by atoms with Crippen molar-refractivity contribution in [2.45, 2.75) is 56.7 Å². The summed E-state index contributed by atoms with van der Waals surface area (Å²) in [5.41, 5.74) is 2.97. The van der Waals surface area contributed by atoms with E-state index in [1.54, 1.807) is 0 Å². The number of nitrogens with zero attached hydrogens (tertiary/aromatic N) is 1. The zero-order valence-electron chi connectivity index (χ0n) is 16.0. The predicted octanol–water partition coefficient (Wildman–Crippen LogP) is 6.82. The van der Waals surface area contributed by atoms with E-state index in [0.717, 1.165) is 17.8 Å². The van der Waals surface area contributed by atoms with Crippen molar-refractivity contribution in [2.75, 3.05) is 0 Å². The van der Waals surface area contributed by atoms with Gasteiger partial charge in [0, 0.05) is 21.8 Å². The maximum atomic E-state index is 2.87. The third kappa shape index (κ3) is 1.86. The highest BCUT2D eigenvalue weighted by molar-refractivity contribution is 6.80. The van der Waals surface area contributed by atoms with E-state index in [0.29, 0.717) is 5.04 Å². The number of hydrogen-bond donors (Lipinski definition) is 0. The Morgan fingerprint density at radius 1 is 0.731 bits per heavy atom. The molecule has 2 aromatic carbocycles. The molecule has 0 aliphatic heterocycles. The van der Waals surface area contributed by atoms with Gasteiger partial charge >= 0.3 is 0 Å². The van der Waals surface area contributed by atoms with Crippen molar-refractivity contribution in [3.8, 4) is 0 Å². The zero-order valence-corrected chi connectivity index (χ0v) is 17.0. The third-order valence-corrected chi connectivity index (χ3v) is 13.3. The molecule has 1 heterocycles. The molecule has 0 N–H and O–H groups in total. The summed E-state index contributed by atoms with van der Waals surface area (Å²) in [5.74, 6) is 3.09. The van der Waals surface area contributed by atoms with E-state index < -0.39 is 8.24 Å². The molecule has 134 valence electrons. The Hall–Kier alpha value is -1.54. The summed E-state index contributed by atoms with van der Waals surface area (Å²) in [5, 5.41) is 3.52. The van der Waals surface area contributed by atoms with E-state index in [4.69, 9.17) is 0 Å². The molecular weight excluding hydrogens is 330 g/mol. The van der Waals surface area contributed by atoms with Crippen LogP contribution in [0, 0.1) is 17.8 Å². The highest BCUT2D eigenvalue weighted by Crippen LogP contribution is 2.68. The summed E-state index contributed by atoms with van der Waals surface area (Å²) in [4.78, 5) is 0. The summed E-state index contributed by atoms with van der Waals surface area (Å²) in [6.45, 7) is 5.39. The van der Waals surface area contributed by atoms with Crippen molar-refractivity contribution in [3.63, 3.8) is 0 Å². The van der Waals surface area contributed by atoms with Gasteiger partial charge in [-0.15, -0.1) is 0 Å². The minimum atomic E-state index is -1.69. The number of aromatic nitrogens is 1. The molecule has 7 rings (SSSR count). The molecule has 26 heavy (non-hydrogen) atoms. The van der Waals surface area contributed by atoms with E-state index in [1.807, 2.05) is 0 Å². The number of para-hydroxylation sites is 2. The van der Waals surface area contributed by atoms with E-state index in [1.165, 1.54) is 60.3 Å². The van der Waals surface area contributed by atoms with Crippen LogP contribution in [0.3, 0.4) is 0 Å². The Balaban J connectivity index is 1.62. The Labute approximate surface area is 157 Å². The van der Waals surface area contributed by atoms with Crippen molar-refractivity contribution >= 4 is 30.0 Å². The maximum absolute atomic E-state index is 2.87. The van der Waals surface area contributed by atoms with Gasteiger partial charge in [0.15, 0.2) is 8.24 Å². The average Bonchev–Trinajstić information content (AvgIpc) is 2.95. The fourth-order valence-corrected chi connectivity index (χ4v) is 12.1. The van der Waals surface area contributed by atoms with Gasteiger partial charge in [-0.2, -0.15) is 0 Å². The monoisotopic (exact) mass is 359 g/mol. The van der Waals surface area contributed by atoms with Crippen molar-refractivity contribution in [1.29, 1.82) is 0 Å². The highest BCUT2D eigenvalue weighted by atomic mass is 28.3. The summed E-state index contributed by atoms with van der Waals surface area (Å²) in [6.07, 6.45) is 9.15. The molecule has 0 atom stereocenters. The second-order valence-corrected chi connectivity index (χ2v) is 14.8. The molecule has 2 heteroatoms. The Morgan fingerprint density at radius 3 is 1.62 bits per heavy atom. The fourth-order valence-electron chi connectivity index (χ4n) is 7.62. The lowest BCUT2D eigenvalue weighted by Crippen LogP contribution is -2.57. The second kappa shape index (κ2) is 5.04. The number of fused-ring (bicyclic) bond motifs is 3. The topological polar surface area (TPSA) is 4.93 Å². The molecule has 3 aromatic rings. The van der Waals surface area contributed by atoms with E-state index in [-0.39, 0.29) is 0 Å². The number of benzene rings is 2. The standard InChI is InChI=1S/C24H29NSi/c1-26(2,24-14-17-11-18(15-24)13-19(12-17)16-24)25-22-9-5-3-7-20(22)21-8-4-6-10-23(21)25/h3-10,17-19H,11-16H2,1-2H3. The molecule has 1 aromatic heterocycles. The molecule has 1 nitrogen and oxygen atoms in total. The van der Waals surface area contributed by atoms with Crippen LogP contribution < -0.4 is 0 Å². The zero-order chi connectivity index (χ0) is 17.5. The van der Waals surface area contributed by atoms with E-state index in [2.05, 4.69) is 65.9 Å². The van der Waals surface area contributed by atoms with Gasteiger partial charge in [-0.05, 0) is 73.4 Å². The first-order chi connectivity index (χ1) is 12.6. The van der Waals surface area contributed by atoms with Gasteiger partial charge in [0.2, 0.25) is 0 Å². The van der Waals surface area contributed by atoms with Gasteiger partial charge in [0.25, 0.3) is 0 Å². The van der Waals surface area contributed by atoms with Gasteiger partial charge in [0.05, 0.1) is 0 Å². The Bertz CT molecular complexity index is 923. The first-order valence-corrected chi connectivity index (χ1v) is 13.5. The maximum Gasteiger partial charge on any atom is 0.162 e. The second-order valence-electron chi connectivity index (χ2n) is 10.1. The van der Waals surface area contributed by atoms with Crippen LogP contribution in [0.5, 0.6) is 0 Å². The molecule has 0 unspecified atom stereocenters. The summed E-state index contributed by atoms with van der Waals surface area (Å²) >= 11 is 0. The fraction of sp³-hybridized carbons (Fsp3) is 0.500. The van der Waals surface area contributed by atoms with Gasteiger partial charge in [0.1, 0.15) is 0 Å². The minimum absolute atomic E-state index is 0.617. The Kier molecular flexibility index (Phi) is 3.01. The molecule has 4 bridgehead atoms. The first kappa shape index (κ1) is 15.5. The quantitative estimate of drug-likeness (QED) is 0.442. The molecule has 4 aliphatic rings. The van der Waals surface area contributed by atoms with Crippen LogP contribution in [-0.2, 0) is 0 Å². The smallest absolute Gasteiger partial charge is 0.162 e. The summed E-state index contributed by atoms with van der Waals surface area (Å²) < 4.78 is 2.87. The van der Waals surface area contributed by atoms with E-state index in [9.17, 15) is 0 Å². The van der Waals surface area contributed by atoms with Crippen molar-refractivity contribution in [2.24, 2.45) is 17.8 Å². The largest absolute Gasteiger partial charge is 0.368 e. The van der Waals surface area contributed by atoms with Crippen molar-refractivity contribution in [3.05, 3.63) is 48.5 Å². The Morgan fingerprint density at radius 2 is 1.15 bits per heavy atom. The molecule has 0 spiro atoms. The van der Waals surface area contributed by atoms with Gasteiger partial charge < -0.3 is 4.23 Å². The molecule has 4 aliphatic carbocycles. The normalized spacial score (nSPS) is 33.4. The van der Waals surface area contributed by atoms with Crippen molar-refractivity contribution in [1.82, 2.24) is 4.23 Å². The van der Waals surface area contributed by atoms with Gasteiger partial charge in [-0.1, -0.05) is 49.5 Å². The molecule has 0 radical (unpaired) electrons. The van der Waals surface area contributed by atoms with Crippen LogP contribution in [0.1, 0.15) is 38.5 Å². The van der Waals surface area contributed by atoms with Crippen LogP contribution in [0.15, 0.2) is 48.5 Å². The summed E-state index contributed by atoms with van der Waals surface area (Å²) in [6, 6.07) is 18.3. The minimum Gasteiger partial charge on any atom is -0.368 e. The van der Waals surface area contributed by atoms with Crippen molar-refractivity contribution < 1.29 is 0 Å². The third-order valence-electron chi connectivity index (χ3n) is 8.48. The lowest BCUT2D eigenvalue weighted by Gasteiger charge is -2.62. The SMILES string of the molecule is C[Si](C)(n1c2ccccc2c2ccccc21)C12CC3CC(CC(C3)C1)C2. The van der Waals surface area contributed by atoms with E-state index >= 15 is 0 Å². The van der Waals surface area contributed by atoms with Crippen LogP contribution in [0.4, 0.5) is 0 Å². The van der Waals surface area contributed by atoms with Crippen LogP contribution >= 0.6 is 0 Å². The lowest BCUT2D eigenvalue weighted by atomic mass is 9.56. The highest BCUT2D eigenvalue weighted by Gasteiger charge is 2.59. The predicted molar refractivity (Wildman–Crippen MR) is 113 cm³/mol. The number of hydrogen-bond acceptors (Lipinski definition) is 0. The number of rotatable bonds is 2. The summed E-state index contributed by atoms with van der Waals surface area (Å²) in [7, 11) is -1.69. The molecule has 4 saturated carbocycles. The first-order valence-electron chi connectivity index (χ1n) is 10.6. The van der Waals surface area contributed by atoms with Gasteiger partial charge in [-0.3, -0.25) is 0 Å². The molecular formula is C24H29NSi. The molecule has 0 amide bonds.